The maximum absolute atomic E-state index is 6.84. The Morgan fingerprint density at radius 1 is 0.382 bits per heavy atom. The Morgan fingerprint density at radius 2 is 1.07 bits per heavy atom. The van der Waals surface area contributed by atoms with Crippen molar-refractivity contribution in [3.63, 3.8) is 0 Å². The predicted octanol–water partition coefficient (Wildman–Crippen LogP) is 15.5. The minimum absolute atomic E-state index is 0.847. The first-order chi connectivity index (χ1) is 27.3. The van der Waals surface area contributed by atoms with Crippen LogP contribution in [0, 0.1) is 0 Å². The highest BCUT2D eigenvalue weighted by atomic mass is 32.1. The van der Waals surface area contributed by atoms with Crippen LogP contribution in [0.15, 0.2) is 200 Å². The van der Waals surface area contributed by atoms with Crippen LogP contribution in [0.1, 0.15) is 0 Å². The Labute approximate surface area is 323 Å². The minimum atomic E-state index is 0.847. The van der Waals surface area contributed by atoms with Gasteiger partial charge in [-0.2, -0.15) is 0 Å². The number of thiophene rings is 1. The van der Waals surface area contributed by atoms with Gasteiger partial charge in [0.15, 0.2) is 0 Å². The van der Waals surface area contributed by atoms with Gasteiger partial charge >= 0.3 is 0 Å². The van der Waals surface area contributed by atoms with E-state index in [-0.39, 0.29) is 0 Å². The maximum Gasteiger partial charge on any atom is 0.135 e. The molecule has 0 atom stereocenters. The van der Waals surface area contributed by atoms with Gasteiger partial charge in [-0.3, -0.25) is 0 Å². The second-order valence-electron chi connectivity index (χ2n) is 14.0. The predicted molar refractivity (Wildman–Crippen MR) is 233 cm³/mol. The third-order valence-corrected chi connectivity index (χ3v) is 12.0. The van der Waals surface area contributed by atoms with Crippen LogP contribution >= 0.6 is 11.3 Å². The van der Waals surface area contributed by atoms with Crippen molar-refractivity contribution >= 4 is 59.3 Å². The van der Waals surface area contributed by atoms with Gasteiger partial charge in [0.05, 0.1) is 11.4 Å². The van der Waals surface area contributed by atoms with E-state index in [9.17, 15) is 0 Å². The van der Waals surface area contributed by atoms with Crippen molar-refractivity contribution in [1.29, 1.82) is 0 Å². The van der Waals surface area contributed by atoms with E-state index in [1.165, 1.54) is 42.2 Å². The normalized spacial score (nSPS) is 11.8. The first kappa shape index (κ1) is 31.6. The molecule has 9 aromatic carbocycles. The molecular weight excluding hydrogens is 687 g/mol. The Balaban J connectivity index is 1.24. The summed E-state index contributed by atoms with van der Waals surface area (Å²) in [5.74, 6) is 1.70. The van der Waals surface area contributed by atoms with Crippen molar-refractivity contribution < 1.29 is 4.74 Å². The van der Waals surface area contributed by atoms with Crippen LogP contribution in [0.25, 0.3) is 75.5 Å². The molecule has 0 radical (unpaired) electrons. The van der Waals surface area contributed by atoms with Crippen molar-refractivity contribution in [1.82, 2.24) is 0 Å². The molecule has 11 rings (SSSR count). The number of anilines is 3. The molecule has 0 amide bonds. The van der Waals surface area contributed by atoms with Gasteiger partial charge in [0.25, 0.3) is 0 Å². The molecule has 0 saturated carbocycles. The lowest BCUT2D eigenvalue weighted by Crippen LogP contribution is -2.12. The molecule has 258 valence electrons. The lowest BCUT2D eigenvalue weighted by atomic mass is 9.87. The van der Waals surface area contributed by atoms with E-state index in [1.54, 1.807) is 0 Å². The number of hydrogen-bond acceptors (Lipinski definition) is 3. The van der Waals surface area contributed by atoms with E-state index in [1.807, 2.05) is 11.3 Å². The van der Waals surface area contributed by atoms with Crippen LogP contribution in [0.2, 0.25) is 0 Å². The van der Waals surface area contributed by atoms with Crippen LogP contribution in [-0.2, 0) is 0 Å². The molecule has 1 aromatic heterocycles. The van der Waals surface area contributed by atoms with E-state index in [0.29, 0.717) is 0 Å². The number of rotatable bonds is 5. The van der Waals surface area contributed by atoms with Gasteiger partial charge in [-0.1, -0.05) is 146 Å². The van der Waals surface area contributed by atoms with E-state index in [2.05, 4.69) is 205 Å². The molecular formula is C52H33NOS. The molecule has 0 unspecified atom stereocenters. The molecule has 1 aliphatic rings. The lowest BCUT2D eigenvalue weighted by molar-refractivity contribution is 0.488. The number of hydrogen-bond donors (Lipinski definition) is 0. The summed E-state index contributed by atoms with van der Waals surface area (Å²) in [4.78, 5) is 2.48. The van der Waals surface area contributed by atoms with Crippen LogP contribution in [0.3, 0.4) is 0 Å². The summed E-state index contributed by atoms with van der Waals surface area (Å²) in [6.45, 7) is 0. The zero-order valence-electron chi connectivity index (χ0n) is 29.8. The summed E-state index contributed by atoms with van der Waals surface area (Å²) in [7, 11) is 0. The highest BCUT2D eigenvalue weighted by molar-refractivity contribution is 7.25. The van der Waals surface area contributed by atoms with Gasteiger partial charge in [0.1, 0.15) is 11.5 Å². The summed E-state index contributed by atoms with van der Waals surface area (Å²) in [6, 6.07) is 72.2. The highest BCUT2D eigenvalue weighted by Crippen LogP contribution is 2.54. The molecule has 0 bridgehead atoms. The fourth-order valence-electron chi connectivity index (χ4n) is 8.36. The van der Waals surface area contributed by atoms with Crippen LogP contribution in [0.4, 0.5) is 17.1 Å². The molecule has 55 heavy (non-hydrogen) atoms. The van der Waals surface area contributed by atoms with Gasteiger partial charge in [-0.05, 0) is 82.2 Å². The fraction of sp³-hybridized carbons (Fsp3) is 0. The van der Waals surface area contributed by atoms with E-state index in [4.69, 9.17) is 4.74 Å². The molecule has 0 aliphatic carbocycles. The quantitative estimate of drug-likeness (QED) is 0.176. The topological polar surface area (TPSA) is 12.5 Å². The molecule has 2 nitrogen and oxygen atoms in total. The molecule has 1 aliphatic heterocycles. The van der Waals surface area contributed by atoms with Crippen LogP contribution < -0.4 is 9.64 Å². The van der Waals surface area contributed by atoms with E-state index in [0.717, 1.165) is 61.8 Å². The summed E-state index contributed by atoms with van der Waals surface area (Å²) < 4.78 is 9.42. The largest absolute Gasteiger partial charge is 0.456 e. The smallest absolute Gasteiger partial charge is 0.135 e. The Bertz CT molecular complexity index is 3070. The Morgan fingerprint density at radius 3 is 1.95 bits per heavy atom. The fourth-order valence-corrected chi connectivity index (χ4v) is 9.45. The second-order valence-corrected chi connectivity index (χ2v) is 15.1. The average molecular weight is 720 g/mol. The van der Waals surface area contributed by atoms with E-state index < -0.39 is 0 Å². The second kappa shape index (κ2) is 12.9. The highest BCUT2D eigenvalue weighted by Gasteiger charge is 2.27. The SMILES string of the molecule is c1ccc(-c2ccc3c(c2)-c2ccc4cccc(N(c5ccc6sc7ccccc7c6c5)c5ccccc5-c5ccccc5)c4c2-c2ccccc2O3)cc1. The standard InChI is InChI=1S/C52H33NOS/c1-3-14-34(15-4-1)37-27-30-48-43(32-37)41-29-26-36-18-13-23-46(51(36)52(41)42-21-8-11-24-47(42)54-48)53(45-22-10-7-19-39(45)35-16-5-2-6-17-35)38-28-31-50-44(33-38)40-20-9-12-25-49(40)55-50/h1-33H. The van der Waals surface area contributed by atoms with Gasteiger partial charge < -0.3 is 9.64 Å². The summed E-state index contributed by atoms with van der Waals surface area (Å²) in [5.41, 5.74) is 12.5. The lowest BCUT2D eigenvalue weighted by Gasteiger charge is -2.30. The molecule has 2 heterocycles. The maximum atomic E-state index is 6.84. The van der Waals surface area contributed by atoms with Gasteiger partial charge in [-0.25, -0.2) is 0 Å². The Kier molecular flexibility index (Phi) is 7.39. The molecule has 3 heteroatoms. The molecule has 0 spiro atoms. The first-order valence-electron chi connectivity index (χ1n) is 18.7. The number of fused-ring (bicyclic) bond motifs is 10. The summed E-state index contributed by atoms with van der Waals surface area (Å²) in [6.07, 6.45) is 0. The minimum Gasteiger partial charge on any atom is -0.456 e. The first-order valence-corrected chi connectivity index (χ1v) is 19.5. The average Bonchev–Trinajstić information content (AvgIpc) is 3.55. The Hall–Kier alpha value is -6.94. The van der Waals surface area contributed by atoms with Crippen molar-refractivity contribution in [2.75, 3.05) is 4.90 Å². The molecule has 0 fully saturated rings. The van der Waals surface area contributed by atoms with Crippen molar-refractivity contribution in [2.24, 2.45) is 0 Å². The third kappa shape index (κ3) is 5.24. The number of benzene rings is 9. The monoisotopic (exact) mass is 719 g/mol. The van der Waals surface area contributed by atoms with Gasteiger partial charge in [0.2, 0.25) is 0 Å². The number of para-hydroxylation sites is 2. The third-order valence-electron chi connectivity index (χ3n) is 10.9. The summed E-state index contributed by atoms with van der Waals surface area (Å²) in [5, 5.41) is 4.88. The zero-order chi connectivity index (χ0) is 36.3. The van der Waals surface area contributed by atoms with Crippen molar-refractivity contribution in [3.8, 4) is 56.0 Å². The van der Waals surface area contributed by atoms with Crippen LogP contribution in [-0.4, -0.2) is 0 Å². The zero-order valence-corrected chi connectivity index (χ0v) is 30.6. The number of nitrogens with zero attached hydrogens (tertiary/aromatic N) is 1. The summed E-state index contributed by atoms with van der Waals surface area (Å²) >= 11 is 1.85. The number of ether oxygens (including phenoxy) is 1. The van der Waals surface area contributed by atoms with Crippen LogP contribution in [0.5, 0.6) is 11.5 Å². The molecule has 0 N–H and O–H groups in total. The molecule has 10 aromatic rings. The van der Waals surface area contributed by atoms with Crippen molar-refractivity contribution in [3.05, 3.63) is 200 Å². The van der Waals surface area contributed by atoms with Crippen molar-refractivity contribution in [2.45, 2.75) is 0 Å². The van der Waals surface area contributed by atoms with Gasteiger partial charge in [-0.15, -0.1) is 11.3 Å². The van der Waals surface area contributed by atoms with Gasteiger partial charge in [0, 0.05) is 53.5 Å². The van der Waals surface area contributed by atoms with E-state index >= 15 is 0 Å². The molecule has 0 saturated heterocycles.